The van der Waals surface area contributed by atoms with Crippen LogP contribution in [0.1, 0.15) is 35.5 Å². The number of oxazole rings is 1. The zero-order valence-corrected chi connectivity index (χ0v) is 14.1. The number of amides is 1. The van der Waals surface area contributed by atoms with Crippen molar-refractivity contribution in [2.45, 2.75) is 32.2 Å². The van der Waals surface area contributed by atoms with Crippen LogP contribution in [0.5, 0.6) is 0 Å². The van der Waals surface area contributed by atoms with E-state index in [-0.39, 0.29) is 5.91 Å². The van der Waals surface area contributed by atoms with Crippen LogP contribution in [0.2, 0.25) is 0 Å². The Hall–Kier alpha value is -1.66. The fourth-order valence-electron chi connectivity index (χ4n) is 3.23. The first-order valence-corrected chi connectivity index (χ1v) is 9.12. The van der Waals surface area contributed by atoms with Crippen molar-refractivity contribution >= 4 is 17.2 Å². The van der Waals surface area contributed by atoms with E-state index in [9.17, 15) is 4.79 Å². The fraction of sp³-hybridized carbons (Fsp3) is 0.529. The maximum atomic E-state index is 12.4. The number of hydrogen-bond donors (Lipinski definition) is 1. The van der Waals surface area contributed by atoms with E-state index in [0.29, 0.717) is 23.3 Å². The molecule has 1 unspecified atom stereocenters. The maximum absolute atomic E-state index is 12.4. The van der Waals surface area contributed by atoms with Crippen LogP contribution in [-0.4, -0.2) is 41.5 Å². The van der Waals surface area contributed by atoms with E-state index in [4.69, 9.17) is 4.42 Å². The summed E-state index contributed by atoms with van der Waals surface area (Å²) in [4.78, 5) is 20.3. The number of thiophene rings is 1. The van der Waals surface area contributed by atoms with E-state index < -0.39 is 0 Å². The van der Waals surface area contributed by atoms with Gasteiger partial charge >= 0.3 is 0 Å². The SMILES string of the molecule is Cc1oc(-c2cccs2)nc1C(=O)NCC1CCN(C2CC2)C1. The lowest BCUT2D eigenvalue weighted by Gasteiger charge is -2.14. The second-order valence-corrected chi connectivity index (χ2v) is 7.44. The first-order chi connectivity index (χ1) is 11.2. The van der Waals surface area contributed by atoms with Crippen LogP contribution < -0.4 is 5.32 Å². The molecule has 23 heavy (non-hydrogen) atoms. The standard InChI is InChI=1S/C17H21N3O2S/c1-11-15(19-17(22-11)14-3-2-8-23-14)16(21)18-9-12-6-7-20(10-12)13-4-5-13/h2-3,8,12-13H,4-7,9-10H2,1H3,(H,18,21). The average molecular weight is 331 g/mol. The minimum absolute atomic E-state index is 0.126. The molecule has 2 aromatic heterocycles. The molecule has 2 aliphatic rings. The number of hydrogen-bond acceptors (Lipinski definition) is 5. The van der Waals surface area contributed by atoms with E-state index in [1.807, 2.05) is 17.5 Å². The summed E-state index contributed by atoms with van der Waals surface area (Å²) in [6, 6.07) is 4.72. The molecule has 1 N–H and O–H groups in total. The molecule has 4 rings (SSSR count). The fourth-order valence-corrected chi connectivity index (χ4v) is 3.88. The van der Waals surface area contributed by atoms with Crippen LogP contribution in [0.15, 0.2) is 21.9 Å². The summed E-state index contributed by atoms with van der Waals surface area (Å²) in [5.41, 5.74) is 0.408. The van der Waals surface area contributed by atoms with Gasteiger partial charge in [0.2, 0.25) is 5.89 Å². The molecule has 0 spiro atoms. The lowest BCUT2D eigenvalue weighted by atomic mass is 10.1. The third kappa shape index (κ3) is 3.19. The highest BCUT2D eigenvalue weighted by Crippen LogP contribution is 2.31. The molecule has 1 saturated carbocycles. The summed E-state index contributed by atoms with van der Waals surface area (Å²) in [6.07, 6.45) is 3.88. The molecular formula is C17H21N3O2S. The Bertz CT molecular complexity index is 691. The molecule has 0 bridgehead atoms. The highest BCUT2D eigenvalue weighted by Gasteiger charge is 2.34. The zero-order chi connectivity index (χ0) is 15.8. The Morgan fingerprint density at radius 3 is 3.09 bits per heavy atom. The summed E-state index contributed by atoms with van der Waals surface area (Å²) < 4.78 is 5.64. The van der Waals surface area contributed by atoms with Crippen LogP contribution in [-0.2, 0) is 0 Å². The first kappa shape index (κ1) is 14.9. The maximum Gasteiger partial charge on any atom is 0.273 e. The number of aromatic nitrogens is 1. The Balaban J connectivity index is 1.36. The zero-order valence-electron chi connectivity index (χ0n) is 13.2. The third-order valence-electron chi connectivity index (χ3n) is 4.68. The van der Waals surface area contributed by atoms with Crippen LogP contribution in [0.3, 0.4) is 0 Å². The Labute approximate surface area is 139 Å². The van der Waals surface area contributed by atoms with E-state index >= 15 is 0 Å². The molecule has 1 amide bonds. The Morgan fingerprint density at radius 2 is 2.35 bits per heavy atom. The molecule has 2 aromatic rings. The molecule has 1 atom stereocenters. The first-order valence-electron chi connectivity index (χ1n) is 8.24. The average Bonchev–Trinajstić information content (AvgIpc) is 2.96. The number of aryl methyl sites for hydroxylation is 1. The van der Waals surface area contributed by atoms with Crippen molar-refractivity contribution in [1.82, 2.24) is 15.2 Å². The highest BCUT2D eigenvalue weighted by atomic mass is 32.1. The van der Waals surface area contributed by atoms with Crippen molar-refractivity contribution in [2.24, 2.45) is 5.92 Å². The summed E-state index contributed by atoms with van der Waals surface area (Å²) in [7, 11) is 0. The van der Waals surface area contributed by atoms with Crippen LogP contribution in [0.25, 0.3) is 10.8 Å². The highest BCUT2D eigenvalue weighted by molar-refractivity contribution is 7.13. The number of nitrogens with one attached hydrogen (secondary N) is 1. The number of nitrogens with zero attached hydrogens (tertiary/aromatic N) is 2. The summed E-state index contributed by atoms with van der Waals surface area (Å²) in [6.45, 7) is 4.81. The quantitative estimate of drug-likeness (QED) is 0.915. The summed E-state index contributed by atoms with van der Waals surface area (Å²) in [5.74, 6) is 1.54. The second-order valence-electron chi connectivity index (χ2n) is 6.49. The molecule has 1 aliphatic carbocycles. The van der Waals surface area contributed by atoms with E-state index in [2.05, 4.69) is 15.2 Å². The number of carbonyl (C=O) groups is 1. The molecule has 5 nitrogen and oxygen atoms in total. The van der Waals surface area contributed by atoms with Gasteiger partial charge in [-0.25, -0.2) is 4.98 Å². The lowest BCUT2D eigenvalue weighted by molar-refractivity contribution is 0.0941. The van der Waals surface area contributed by atoms with Gasteiger partial charge in [0.05, 0.1) is 4.88 Å². The van der Waals surface area contributed by atoms with Crippen molar-refractivity contribution < 1.29 is 9.21 Å². The minimum atomic E-state index is -0.126. The van der Waals surface area contributed by atoms with Gasteiger partial charge in [0.15, 0.2) is 5.69 Å². The van der Waals surface area contributed by atoms with Gasteiger partial charge in [-0.15, -0.1) is 11.3 Å². The number of rotatable bonds is 5. The van der Waals surface area contributed by atoms with Gasteiger partial charge < -0.3 is 14.6 Å². The third-order valence-corrected chi connectivity index (χ3v) is 5.53. The second kappa shape index (κ2) is 6.09. The van der Waals surface area contributed by atoms with Gasteiger partial charge in [0.25, 0.3) is 5.91 Å². The van der Waals surface area contributed by atoms with E-state index in [1.54, 1.807) is 18.3 Å². The topological polar surface area (TPSA) is 58.4 Å². The molecule has 2 fully saturated rings. The van der Waals surface area contributed by atoms with Crippen molar-refractivity contribution in [3.05, 3.63) is 29.0 Å². The van der Waals surface area contributed by atoms with Crippen LogP contribution in [0, 0.1) is 12.8 Å². The van der Waals surface area contributed by atoms with Gasteiger partial charge in [-0.3, -0.25) is 4.79 Å². The minimum Gasteiger partial charge on any atom is -0.440 e. The van der Waals surface area contributed by atoms with Crippen molar-refractivity contribution in [3.63, 3.8) is 0 Å². The van der Waals surface area contributed by atoms with Crippen molar-refractivity contribution in [1.29, 1.82) is 0 Å². The predicted octanol–water partition coefficient (Wildman–Crippen LogP) is 2.93. The largest absolute Gasteiger partial charge is 0.440 e. The molecule has 0 aromatic carbocycles. The Morgan fingerprint density at radius 1 is 1.48 bits per heavy atom. The van der Waals surface area contributed by atoms with Crippen molar-refractivity contribution in [3.8, 4) is 10.8 Å². The number of carbonyl (C=O) groups excluding carboxylic acids is 1. The van der Waals surface area contributed by atoms with Crippen molar-refractivity contribution in [2.75, 3.05) is 19.6 Å². The number of likely N-dealkylation sites (tertiary alicyclic amines) is 1. The summed E-state index contributed by atoms with van der Waals surface area (Å²) >= 11 is 1.56. The van der Waals surface area contributed by atoms with Crippen LogP contribution >= 0.6 is 11.3 Å². The van der Waals surface area contributed by atoms with Gasteiger partial charge in [-0.05, 0) is 50.1 Å². The Kier molecular flexibility index (Phi) is 3.95. The summed E-state index contributed by atoms with van der Waals surface area (Å²) in [5, 5.41) is 5.01. The normalized spacial score (nSPS) is 21.7. The van der Waals surface area contributed by atoms with Gasteiger partial charge in [0.1, 0.15) is 5.76 Å². The predicted molar refractivity (Wildman–Crippen MR) is 89.6 cm³/mol. The van der Waals surface area contributed by atoms with Gasteiger partial charge in [0, 0.05) is 19.1 Å². The molecular weight excluding hydrogens is 310 g/mol. The van der Waals surface area contributed by atoms with Crippen LogP contribution in [0.4, 0.5) is 0 Å². The monoisotopic (exact) mass is 331 g/mol. The lowest BCUT2D eigenvalue weighted by Crippen LogP contribution is -2.32. The molecule has 122 valence electrons. The van der Waals surface area contributed by atoms with Gasteiger partial charge in [-0.2, -0.15) is 0 Å². The molecule has 1 aliphatic heterocycles. The molecule has 1 saturated heterocycles. The molecule has 6 heteroatoms. The molecule has 3 heterocycles. The van der Waals surface area contributed by atoms with E-state index in [1.165, 1.54) is 25.8 Å². The molecule has 0 radical (unpaired) electrons. The van der Waals surface area contributed by atoms with Gasteiger partial charge in [-0.1, -0.05) is 6.07 Å². The smallest absolute Gasteiger partial charge is 0.273 e. The van der Waals surface area contributed by atoms with E-state index in [0.717, 1.165) is 24.0 Å².